The Morgan fingerprint density at radius 2 is 2.12 bits per heavy atom. The zero-order valence-corrected chi connectivity index (χ0v) is 15.8. The van der Waals surface area contributed by atoms with E-state index in [0.717, 1.165) is 22.5 Å². The molecule has 0 saturated heterocycles. The van der Waals surface area contributed by atoms with Crippen LogP contribution in [0.4, 0.5) is 10.1 Å². The lowest BCUT2D eigenvalue weighted by Crippen LogP contribution is -2.30. The van der Waals surface area contributed by atoms with Crippen LogP contribution in [0, 0.1) is 12.7 Å². The number of thiocarbonyl (C=S) groups is 1. The molecule has 1 aromatic carbocycles. The molecule has 26 heavy (non-hydrogen) atoms. The second-order valence-corrected chi connectivity index (χ2v) is 6.61. The molecule has 0 aliphatic heterocycles. The molecule has 8 heteroatoms. The van der Waals surface area contributed by atoms with Gasteiger partial charge in [0.2, 0.25) is 0 Å². The van der Waals surface area contributed by atoms with Crippen molar-refractivity contribution in [3.8, 4) is 0 Å². The van der Waals surface area contributed by atoms with Crippen molar-refractivity contribution in [2.45, 2.75) is 20.0 Å². The lowest BCUT2D eigenvalue weighted by molar-refractivity contribution is 0.506. The topological polar surface area (TPSA) is 50.9 Å². The fourth-order valence-corrected chi connectivity index (χ4v) is 2.76. The first-order valence-electron chi connectivity index (χ1n) is 8.19. The number of aromatic nitrogens is 4. The third-order valence-corrected chi connectivity index (χ3v) is 4.62. The maximum Gasteiger partial charge on any atom is 0.173 e. The number of nitrogens with one attached hydrogen (secondary N) is 1. The quantitative estimate of drug-likeness (QED) is 0.698. The van der Waals surface area contributed by atoms with Gasteiger partial charge in [-0.3, -0.25) is 9.36 Å². The van der Waals surface area contributed by atoms with E-state index in [-0.39, 0.29) is 5.82 Å². The number of hydrogen-bond acceptors (Lipinski definition) is 3. The first kappa shape index (κ1) is 18.1. The van der Waals surface area contributed by atoms with Crippen molar-refractivity contribution in [2.24, 2.45) is 7.05 Å². The fourth-order valence-electron chi connectivity index (χ4n) is 2.58. The van der Waals surface area contributed by atoms with E-state index in [1.165, 1.54) is 12.1 Å². The highest BCUT2D eigenvalue weighted by atomic mass is 32.1. The van der Waals surface area contributed by atoms with Crippen LogP contribution in [0.5, 0.6) is 0 Å². The number of rotatable bonds is 5. The van der Waals surface area contributed by atoms with Gasteiger partial charge in [-0.15, -0.1) is 0 Å². The van der Waals surface area contributed by atoms with Crippen molar-refractivity contribution < 1.29 is 4.39 Å². The Morgan fingerprint density at radius 3 is 2.81 bits per heavy atom. The number of benzene rings is 1. The molecule has 0 amide bonds. The third kappa shape index (κ3) is 4.26. The summed E-state index contributed by atoms with van der Waals surface area (Å²) in [7, 11) is 3.85. The summed E-state index contributed by atoms with van der Waals surface area (Å²) in [4.78, 5) is 1.95. The molecule has 0 saturated carbocycles. The van der Waals surface area contributed by atoms with Crippen molar-refractivity contribution in [1.82, 2.24) is 24.5 Å². The molecular weight excluding hydrogens is 351 g/mol. The minimum absolute atomic E-state index is 0.249. The highest BCUT2D eigenvalue weighted by Gasteiger charge is 2.11. The van der Waals surface area contributed by atoms with Crippen LogP contribution in [-0.2, 0) is 20.1 Å². The number of halogens is 1. The van der Waals surface area contributed by atoms with Crippen LogP contribution in [0.2, 0.25) is 0 Å². The third-order valence-electron chi connectivity index (χ3n) is 4.21. The molecule has 3 aromatic rings. The Labute approximate surface area is 157 Å². The lowest BCUT2D eigenvalue weighted by atomic mass is 10.2. The van der Waals surface area contributed by atoms with Gasteiger partial charge in [-0.2, -0.15) is 10.2 Å². The summed E-state index contributed by atoms with van der Waals surface area (Å²) in [6.07, 6.45) is 5.40. The van der Waals surface area contributed by atoms with Crippen LogP contribution in [0.1, 0.15) is 16.8 Å². The summed E-state index contributed by atoms with van der Waals surface area (Å²) in [5.41, 5.74) is 3.89. The highest BCUT2D eigenvalue weighted by molar-refractivity contribution is 7.80. The van der Waals surface area contributed by atoms with E-state index in [4.69, 9.17) is 12.2 Å². The van der Waals surface area contributed by atoms with Crippen molar-refractivity contribution in [1.29, 1.82) is 0 Å². The van der Waals surface area contributed by atoms with Gasteiger partial charge in [-0.1, -0.05) is 12.1 Å². The summed E-state index contributed by atoms with van der Waals surface area (Å²) in [5, 5.41) is 12.3. The average Bonchev–Trinajstić information content (AvgIpc) is 3.16. The van der Waals surface area contributed by atoms with Crippen LogP contribution in [-0.4, -0.2) is 36.6 Å². The minimum atomic E-state index is -0.249. The predicted molar refractivity (Wildman–Crippen MR) is 103 cm³/mol. The summed E-state index contributed by atoms with van der Waals surface area (Å²) >= 11 is 5.46. The van der Waals surface area contributed by atoms with Gasteiger partial charge in [-0.25, -0.2) is 4.39 Å². The van der Waals surface area contributed by atoms with Crippen molar-refractivity contribution in [2.75, 3.05) is 12.4 Å². The van der Waals surface area contributed by atoms with Gasteiger partial charge in [0.05, 0.1) is 24.6 Å². The lowest BCUT2D eigenvalue weighted by Gasteiger charge is -2.20. The van der Waals surface area contributed by atoms with Crippen molar-refractivity contribution in [3.05, 3.63) is 65.5 Å². The molecule has 0 aliphatic carbocycles. The highest BCUT2D eigenvalue weighted by Crippen LogP contribution is 2.12. The van der Waals surface area contributed by atoms with Crippen LogP contribution in [0.15, 0.2) is 42.9 Å². The molecule has 3 rings (SSSR count). The number of nitrogens with zero attached hydrogens (tertiary/aromatic N) is 5. The van der Waals surface area contributed by atoms with Gasteiger partial charge >= 0.3 is 0 Å². The van der Waals surface area contributed by atoms with Gasteiger partial charge in [0.15, 0.2) is 5.11 Å². The van der Waals surface area contributed by atoms with E-state index >= 15 is 0 Å². The zero-order chi connectivity index (χ0) is 18.7. The Balaban J connectivity index is 1.59. The maximum absolute atomic E-state index is 13.3. The Hall–Kier alpha value is -2.74. The van der Waals surface area contributed by atoms with Gasteiger partial charge in [-0.05, 0) is 36.8 Å². The molecule has 2 heterocycles. The van der Waals surface area contributed by atoms with Gasteiger partial charge in [0.1, 0.15) is 5.82 Å². The molecule has 136 valence electrons. The average molecular weight is 372 g/mol. The molecule has 0 spiro atoms. The Morgan fingerprint density at radius 1 is 1.31 bits per heavy atom. The molecule has 2 aromatic heterocycles. The van der Waals surface area contributed by atoms with E-state index in [9.17, 15) is 4.39 Å². The number of hydrogen-bond donors (Lipinski definition) is 1. The molecule has 0 unspecified atom stereocenters. The standard InChI is InChI=1S/C18H21FN6S/c1-13-15(8-20-24(13)3)11-23(2)18(26)22-17-9-21-25(12-17)10-14-5-4-6-16(19)7-14/h4-9,12H,10-11H2,1-3H3,(H,22,26). The molecule has 0 radical (unpaired) electrons. The van der Waals surface area contributed by atoms with Crippen LogP contribution >= 0.6 is 12.2 Å². The van der Waals surface area contributed by atoms with Crippen LogP contribution in [0.3, 0.4) is 0 Å². The summed E-state index contributed by atoms with van der Waals surface area (Å²) in [6, 6.07) is 6.49. The molecule has 6 nitrogen and oxygen atoms in total. The monoisotopic (exact) mass is 372 g/mol. The van der Waals surface area contributed by atoms with Crippen LogP contribution in [0.25, 0.3) is 0 Å². The SMILES string of the molecule is Cc1c(CN(C)C(=S)Nc2cnn(Cc3cccc(F)c3)c2)cnn1C. The number of anilines is 1. The molecule has 0 bridgehead atoms. The predicted octanol–water partition coefficient (Wildman–Crippen LogP) is 2.94. The minimum Gasteiger partial charge on any atom is -0.348 e. The normalized spacial score (nSPS) is 10.8. The molecular formula is C18H21FN6S. The zero-order valence-electron chi connectivity index (χ0n) is 15.0. The van der Waals surface area contributed by atoms with E-state index < -0.39 is 0 Å². The summed E-state index contributed by atoms with van der Waals surface area (Å²) in [5.74, 6) is -0.249. The van der Waals surface area contributed by atoms with E-state index in [2.05, 4.69) is 15.5 Å². The van der Waals surface area contributed by atoms with Crippen molar-refractivity contribution >= 4 is 23.0 Å². The molecule has 0 atom stereocenters. The van der Waals surface area contributed by atoms with Gasteiger partial charge < -0.3 is 10.2 Å². The maximum atomic E-state index is 13.3. The molecule has 1 N–H and O–H groups in total. The second-order valence-electron chi connectivity index (χ2n) is 6.22. The Kier molecular flexibility index (Phi) is 5.32. The van der Waals surface area contributed by atoms with E-state index in [1.54, 1.807) is 16.9 Å². The smallest absolute Gasteiger partial charge is 0.173 e. The first-order valence-corrected chi connectivity index (χ1v) is 8.59. The van der Waals surface area contributed by atoms with Crippen LogP contribution < -0.4 is 5.32 Å². The Bertz CT molecular complexity index is 916. The largest absolute Gasteiger partial charge is 0.348 e. The van der Waals surface area contributed by atoms with E-state index in [1.807, 2.05) is 49.1 Å². The summed E-state index contributed by atoms with van der Waals surface area (Å²) in [6.45, 7) is 3.20. The fraction of sp³-hybridized carbons (Fsp3) is 0.278. The molecule has 0 fully saturated rings. The second kappa shape index (κ2) is 7.65. The van der Waals surface area contributed by atoms with Gasteiger partial charge in [0.25, 0.3) is 0 Å². The van der Waals surface area contributed by atoms with Gasteiger partial charge in [0, 0.05) is 38.1 Å². The van der Waals surface area contributed by atoms with E-state index in [0.29, 0.717) is 18.2 Å². The molecule has 0 aliphatic rings. The number of aryl methyl sites for hydroxylation is 1. The summed E-state index contributed by atoms with van der Waals surface area (Å²) < 4.78 is 16.9. The van der Waals surface area contributed by atoms with Crippen molar-refractivity contribution in [3.63, 3.8) is 0 Å². The first-order chi connectivity index (χ1) is 12.4.